The molecule has 1 aromatic heterocycles. The first-order valence-corrected chi connectivity index (χ1v) is 9.86. The molecule has 2 aliphatic rings. The molecule has 6 heteroatoms. The lowest BCUT2D eigenvalue weighted by atomic mass is 10.1. The van der Waals surface area contributed by atoms with Crippen LogP contribution in [0.1, 0.15) is 36.8 Å². The number of carbonyl (C=O) groups is 1. The van der Waals surface area contributed by atoms with E-state index in [0.717, 1.165) is 43.4 Å². The summed E-state index contributed by atoms with van der Waals surface area (Å²) in [4.78, 5) is 19.1. The number of pyridine rings is 1. The lowest BCUT2D eigenvalue weighted by molar-refractivity contribution is 0.0786. The maximum Gasteiger partial charge on any atom is 0.318 e. The molecular weight excluding hydrogens is 362 g/mol. The molecule has 4 rings (SSSR count). The third-order valence-corrected chi connectivity index (χ3v) is 5.60. The van der Waals surface area contributed by atoms with Gasteiger partial charge in [0.05, 0.1) is 11.6 Å². The van der Waals surface area contributed by atoms with Gasteiger partial charge in [-0.3, -0.25) is 4.98 Å². The standard InChI is InChI=1S/C21H24ClN3O2/c22-18-5-3-17(4-6-18)21(9-10-21)24-20(26)25(15-19-2-1-13-27-19)14-16-7-11-23-12-8-16/h3-8,11-12,19H,1-2,9-10,13-15H2,(H,24,26)/t19-/m0/s1. The third-order valence-electron chi connectivity index (χ3n) is 5.35. The summed E-state index contributed by atoms with van der Waals surface area (Å²) >= 11 is 6.01. The second-order valence-corrected chi connectivity index (χ2v) is 7.83. The molecule has 0 bridgehead atoms. The molecule has 1 aliphatic heterocycles. The summed E-state index contributed by atoms with van der Waals surface area (Å²) in [6.07, 6.45) is 7.59. The van der Waals surface area contributed by atoms with Gasteiger partial charge in [-0.2, -0.15) is 0 Å². The molecule has 0 unspecified atom stereocenters. The van der Waals surface area contributed by atoms with E-state index in [9.17, 15) is 4.79 Å². The summed E-state index contributed by atoms with van der Waals surface area (Å²) in [7, 11) is 0. The minimum Gasteiger partial charge on any atom is -0.376 e. The summed E-state index contributed by atoms with van der Waals surface area (Å²) in [5.74, 6) is 0. The molecule has 1 N–H and O–H groups in total. The summed E-state index contributed by atoms with van der Waals surface area (Å²) in [5.41, 5.74) is 1.91. The molecule has 1 aromatic carbocycles. The Kier molecular flexibility index (Phi) is 5.32. The molecule has 142 valence electrons. The molecule has 5 nitrogen and oxygen atoms in total. The quantitative estimate of drug-likeness (QED) is 0.813. The van der Waals surface area contributed by atoms with E-state index in [1.807, 2.05) is 41.3 Å². The Bertz CT molecular complexity index is 772. The van der Waals surface area contributed by atoms with Crippen molar-refractivity contribution in [2.75, 3.05) is 13.2 Å². The largest absolute Gasteiger partial charge is 0.376 e. The van der Waals surface area contributed by atoms with Crippen LogP contribution in [0, 0.1) is 0 Å². The SMILES string of the molecule is O=C(NC1(c2ccc(Cl)cc2)CC1)N(Cc1ccncc1)C[C@@H]1CCCO1. The van der Waals surface area contributed by atoms with Crippen molar-refractivity contribution in [3.05, 3.63) is 64.9 Å². The van der Waals surface area contributed by atoms with E-state index in [2.05, 4.69) is 10.3 Å². The molecule has 2 heterocycles. The first-order valence-electron chi connectivity index (χ1n) is 9.48. The van der Waals surface area contributed by atoms with Gasteiger partial charge < -0.3 is 15.0 Å². The van der Waals surface area contributed by atoms with Crippen molar-refractivity contribution in [2.45, 2.75) is 43.9 Å². The molecule has 0 spiro atoms. The summed E-state index contributed by atoms with van der Waals surface area (Å²) < 4.78 is 5.77. The smallest absolute Gasteiger partial charge is 0.318 e. The first kappa shape index (κ1) is 18.3. The number of amides is 2. The minimum absolute atomic E-state index is 0.0465. The van der Waals surface area contributed by atoms with Crippen molar-refractivity contribution in [1.29, 1.82) is 0 Å². The van der Waals surface area contributed by atoms with Crippen molar-refractivity contribution >= 4 is 17.6 Å². The lowest BCUT2D eigenvalue weighted by Crippen LogP contribution is -2.47. The predicted octanol–water partition coefficient (Wildman–Crippen LogP) is 4.11. The molecule has 27 heavy (non-hydrogen) atoms. The zero-order chi connectivity index (χ0) is 18.7. The van der Waals surface area contributed by atoms with Gasteiger partial charge in [0.25, 0.3) is 0 Å². The second-order valence-electron chi connectivity index (χ2n) is 7.39. The summed E-state index contributed by atoms with van der Waals surface area (Å²) in [5, 5.41) is 3.98. The van der Waals surface area contributed by atoms with E-state index >= 15 is 0 Å². The van der Waals surface area contributed by atoms with E-state index in [1.54, 1.807) is 12.4 Å². The Morgan fingerprint density at radius 3 is 2.59 bits per heavy atom. The average molecular weight is 386 g/mol. The van der Waals surface area contributed by atoms with Crippen LogP contribution in [0.15, 0.2) is 48.8 Å². The van der Waals surface area contributed by atoms with Crippen LogP contribution < -0.4 is 5.32 Å². The first-order chi connectivity index (χ1) is 13.1. The van der Waals surface area contributed by atoms with Crippen molar-refractivity contribution in [2.24, 2.45) is 0 Å². The number of nitrogens with one attached hydrogen (secondary N) is 1. The van der Waals surface area contributed by atoms with Crippen LogP contribution in [0.5, 0.6) is 0 Å². The van der Waals surface area contributed by atoms with Crippen LogP contribution in [-0.2, 0) is 16.8 Å². The van der Waals surface area contributed by atoms with E-state index < -0.39 is 0 Å². The number of rotatable bonds is 6. The maximum atomic E-state index is 13.1. The topological polar surface area (TPSA) is 54.5 Å². The summed E-state index contributed by atoms with van der Waals surface area (Å²) in [6, 6.07) is 11.6. The fraction of sp³-hybridized carbons (Fsp3) is 0.429. The zero-order valence-electron chi connectivity index (χ0n) is 15.2. The van der Waals surface area contributed by atoms with Gasteiger partial charge in [-0.1, -0.05) is 23.7 Å². The van der Waals surface area contributed by atoms with Gasteiger partial charge in [0.2, 0.25) is 0 Å². The van der Waals surface area contributed by atoms with E-state index in [0.29, 0.717) is 18.1 Å². The van der Waals surface area contributed by atoms with Gasteiger partial charge in [0.15, 0.2) is 0 Å². The molecule has 2 amide bonds. The average Bonchev–Trinajstić information content (AvgIpc) is 3.27. The fourth-order valence-corrected chi connectivity index (χ4v) is 3.75. The molecule has 0 radical (unpaired) electrons. The zero-order valence-corrected chi connectivity index (χ0v) is 16.0. The van der Waals surface area contributed by atoms with Gasteiger partial charge in [-0.15, -0.1) is 0 Å². The number of halogens is 1. The Labute approximate surface area is 164 Å². The Morgan fingerprint density at radius 1 is 1.22 bits per heavy atom. The number of ether oxygens (including phenoxy) is 1. The van der Waals surface area contributed by atoms with Gasteiger partial charge in [-0.25, -0.2) is 4.79 Å². The van der Waals surface area contributed by atoms with Crippen LogP contribution in [0.25, 0.3) is 0 Å². The molecule has 1 atom stereocenters. The van der Waals surface area contributed by atoms with Gasteiger partial charge in [0, 0.05) is 37.1 Å². The summed E-state index contributed by atoms with van der Waals surface area (Å²) in [6.45, 7) is 1.93. The highest BCUT2D eigenvalue weighted by Crippen LogP contribution is 2.45. The van der Waals surface area contributed by atoms with Crippen LogP contribution in [0.3, 0.4) is 0 Å². The van der Waals surface area contributed by atoms with Gasteiger partial charge >= 0.3 is 6.03 Å². The van der Waals surface area contributed by atoms with E-state index in [-0.39, 0.29) is 17.7 Å². The Hall–Kier alpha value is -2.11. The predicted molar refractivity (Wildman–Crippen MR) is 105 cm³/mol. The van der Waals surface area contributed by atoms with Crippen LogP contribution in [0.4, 0.5) is 4.79 Å². The number of hydrogen-bond donors (Lipinski definition) is 1. The number of hydrogen-bond acceptors (Lipinski definition) is 3. The van der Waals surface area contributed by atoms with Crippen molar-refractivity contribution in [1.82, 2.24) is 15.2 Å². The van der Waals surface area contributed by atoms with Crippen LogP contribution >= 0.6 is 11.6 Å². The Morgan fingerprint density at radius 2 is 1.96 bits per heavy atom. The number of nitrogens with zero attached hydrogens (tertiary/aromatic N) is 2. The highest BCUT2D eigenvalue weighted by Gasteiger charge is 2.46. The number of aromatic nitrogens is 1. The molecule has 2 fully saturated rings. The van der Waals surface area contributed by atoms with Crippen molar-refractivity contribution in [3.63, 3.8) is 0 Å². The molecule has 2 aromatic rings. The van der Waals surface area contributed by atoms with Gasteiger partial charge in [0.1, 0.15) is 0 Å². The van der Waals surface area contributed by atoms with Crippen molar-refractivity contribution in [3.8, 4) is 0 Å². The van der Waals surface area contributed by atoms with Crippen LogP contribution in [-0.4, -0.2) is 35.2 Å². The fourth-order valence-electron chi connectivity index (χ4n) is 3.63. The van der Waals surface area contributed by atoms with E-state index in [4.69, 9.17) is 16.3 Å². The molecule has 1 saturated carbocycles. The van der Waals surface area contributed by atoms with Crippen LogP contribution in [0.2, 0.25) is 5.02 Å². The highest BCUT2D eigenvalue weighted by atomic mass is 35.5. The van der Waals surface area contributed by atoms with E-state index in [1.165, 1.54) is 0 Å². The monoisotopic (exact) mass is 385 g/mol. The Balaban J connectivity index is 1.48. The lowest BCUT2D eigenvalue weighted by Gasteiger charge is -2.29. The third kappa shape index (κ3) is 4.42. The molecule has 1 aliphatic carbocycles. The maximum absolute atomic E-state index is 13.1. The highest BCUT2D eigenvalue weighted by molar-refractivity contribution is 6.30. The van der Waals surface area contributed by atoms with Gasteiger partial charge in [-0.05, 0) is 61.1 Å². The normalized spacial score (nSPS) is 20.3. The minimum atomic E-state index is -0.269. The number of carbonyl (C=O) groups excluding carboxylic acids is 1. The second kappa shape index (κ2) is 7.87. The molecular formula is C21H24ClN3O2. The molecule has 1 saturated heterocycles. The van der Waals surface area contributed by atoms with Crippen molar-refractivity contribution < 1.29 is 9.53 Å². The number of urea groups is 1. The number of benzene rings is 1.